The average molecular weight is 1080 g/mol. The van der Waals surface area contributed by atoms with Gasteiger partial charge in [-0.25, -0.2) is 35.9 Å². The highest BCUT2D eigenvalue weighted by atomic mass is 32.2. The fourth-order valence-electron chi connectivity index (χ4n) is 6.62. The Bertz CT molecular complexity index is 2640. The van der Waals surface area contributed by atoms with Gasteiger partial charge in [0.15, 0.2) is 6.61 Å². The minimum absolute atomic E-state index is 0.00491. The van der Waals surface area contributed by atoms with E-state index in [1.54, 1.807) is 6.92 Å². The fourth-order valence-corrected chi connectivity index (χ4v) is 7.89. The van der Waals surface area contributed by atoms with Crippen LogP contribution in [0.1, 0.15) is 63.6 Å². The molecule has 2 fully saturated rings. The van der Waals surface area contributed by atoms with Gasteiger partial charge in [0.05, 0.1) is 38.8 Å². The molecule has 402 valence electrons. The molecule has 5 N–H and O–H groups in total. The Morgan fingerprint density at radius 2 is 1.16 bits per heavy atom. The maximum Gasteiger partial charge on any atom is 0.331 e. The summed E-state index contributed by atoms with van der Waals surface area (Å²) in [6, 6.07) is 7.43. The van der Waals surface area contributed by atoms with Crippen LogP contribution >= 0.6 is 11.8 Å². The highest BCUT2D eigenvalue weighted by molar-refractivity contribution is 7.99. The fraction of sp³-hybridized carbons (Fsp3) is 0.362. The first-order valence-electron chi connectivity index (χ1n) is 22.1. The second kappa shape index (κ2) is 27.6. The zero-order valence-electron chi connectivity index (χ0n) is 39.7. The minimum Gasteiger partial charge on any atom is -0.497 e. The van der Waals surface area contributed by atoms with Crippen LogP contribution < -0.4 is 50.3 Å². The Kier molecular flexibility index (Phi) is 22.0. The van der Waals surface area contributed by atoms with Gasteiger partial charge in [-0.1, -0.05) is 39.3 Å². The number of urea groups is 1. The molecule has 4 aromatic rings. The molecule has 0 saturated carbocycles. The highest BCUT2D eigenvalue weighted by Crippen LogP contribution is 2.35. The number of methoxy groups -OCH3 is 2. The number of ether oxygens (including phenoxy) is 5. The van der Waals surface area contributed by atoms with E-state index in [4.69, 9.17) is 14.2 Å². The molecule has 0 bridgehead atoms. The van der Waals surface area contributed by atoms with E-state index in [2.05, 4.69) is 30.7 Å². The minimum atomic E-state index is -2.52. The molecule has 4 aromatic carbocycles. The molecule has 0 radical (unpaired) electrons. The van der Waals surface area contributed by atoms with Gasteiger partial charge < -0.3 is 50.3 Å². The van der Waals surface area contributed by atoms with Crippen molar-refractivity contribution in [2.45, 2.75) is 70.6 Å². The molecule has 4 unspecified atom stereocenters. The largest absolute Gasteiger partial charge is 0.497 e. The SMILES string of the molecule is CC.CCCCC(=O)NC(CC(=O)Oc1c(F)c(F)c(F)c(F)c1F)C(=O)NC(c1ccc(OCC(=O)NCC(=O)Oc2c(F)c(F)c(F)c(F)c2F)cc1)c1ccc(OC)cc1OC.O=C1NC2CSCC2N1. The van der Waals surface area contributed by atoms with Crippen LogP contribution in [0.2, 0.25) is 0 Å². The third kappa shape index (κ3) is 15.1. The van der Waals surface area contributed by atoms with Gasteiger partial charge in [-0.3, -0.25) is 19.2 Å². The lowest BCUT2D eigenvalue weighted by molar-refractivity contribution is -0.139. The summed E-state index contributed by atoms with van der Waals surface area (Å²) in [5, 5.41) is 12.6. The van der Waals surface area contributed by atoms with E-state index < -0.39 is 131 Å². The zero-order chi connectivity index (χ0) is 55.0. The number of amides is 5. The number of rotatable bonds is 19. The first-order valence-corrected chi connectivity index (χ1v) is 23.2. The van der Waals surface area contributed by atoms with Crippen LogP contribution in [-0.4, -0.2) is 92.7 Å². The molecule has 2 saturated heterocycles. The standard InChI is InChI=1S/C40H33F10N3O10.C5H8N2OS.C2H6/c1-4-5-6-23(54)52-21(14-25(56)62-38-33(47)29(43)27(41)30(44)34(38)48)40(58)53-37(20-12-11-19(59-2)13-22(20)60-3)17-7-9-18(10-8-17)61-16-24(55)51-15-26(57)63-39-35(49)31(45)28(42)32(46)36(39)50;8-5-6-3-1-9-2-4(3)7-5;1-2/h7-13,21,37H,4-6,14-16H2,1-3H3,(H,51,55)(H,52,54)(H,53,58);3-4H,1-2H2,(H2,6,7,8);1-2H3. The summed E-state index contributed by atoms with van der Waals surface area (Å²) in [7, 11) is 2.64. The van der Waals surface area contributed by atoms with Gasteiger partial charge in [-0.2, -0.15) is 29.3 Å². The van der Waals surface area contributed by atoms with Crippen molar-refractivity contribution in [1.29, 1.82) is 0 Å². The van der Waals surface area contributed by atoms with E-state index in [0.717, 1.165) is 11.5 Å². The lowest BCUT2D eigenvalue weighted by Crippen LogP contribution is -2.49. The maximum absolute atomic E-state index is 14.3. The molecule has 74 heavy (non-hydrogen) atoms. The average Bonchev–Trinajstić information content (AvgIpc) is 4.00. The molecule has 2 heterocycles. The number of unbranched alkanes of at least 4 members (excludes halogenated alkanes) is 1. The van der Waals surface area contributed by atoms with Gasteiger partial charge in [0.25, 0.3) is 5.91 Å². The lowest BCUT2D eigenvalue weighted by Gasteiger charge is -2.25. The molecular formula is C47H47F10N5O11S. The summed E-state index contributed by atoms with van der Waals surface area (Å²) in [5.41, 5.74) is 0.469. The number of fused-ring (bicyclic) bond motifs is 1. The molecule has 27 heteroatoms. The quantitative estimate of drug-likeness (QED) is 0.0163. The summed E-state index contributed by atoms with van der Waals surface area (Å²) in [4.78, 5) is 74.6. The third-order valence-electron chi connectivity index (χ3n) is 10.3. The van der Waals surface area contributed by atoms with Crippen molar-refractivity contribution in [3.05, 3.63) is 112 Å². The summed E-state index contributed by atoms with van der Waals surface area (Å²) >= 11 is 1.89. The van der Waals surface area contributed by atoms with E-state index >= 15 is 0 Å². The molecule has 2 aliphatic heterocycles. The topological polar surface area (TPSA) is 209 Å². The van der Waals surface area contributed by atoms with Crippen LogP contribution in [0, 0.1) is 58.2 Å². The van der Waals surface area contributed by atoms with E-state index in [1.807, 2.05) is 30.9 Å². The smallest absolute Gasteiger partial charge is 0.331 e. The van der Waals surface area contributed by atoms with E-state index in [-0.39, 0.29) is 35.1 Å². The molecule has 5 amide bonds. The van der Waals surface area contributed by atoms with Gasteiger partial charge in [-0.05, 0) is 36.2 Å². The van der Waals surface area contributed by atoms with Crippen LogP contribution in [0.25, 0.3) is 0 Å². The summed E-state index contributed by atoms with van der Waals surface area (Å²) in [5.74, 6) is -31.8. The number of benzene rings is 4. The summed E-state index contributed by atoms with van der Waals surface area (Å²) < 4.78 is 162. The van der Waals surface area contributed by atoms with Crippen molar-refractivity contribution in [2.24, 2.45) is 0 Å². The third-order valence-corrected chi connectivity index (χ3v) is 11.5. The van der Waals surface area contributed by atoms with E-state index in [1.165, 1.54) is 56.7 Å². The van der Waals surface area contributed by atoms with Crippen LogP contribution in [0.3, 0.4) is 0 Å². The van der Waals surface area contributed by atoms with Crippen LogP contribution in [0.15, 0.2) is 42.5 Å². The van der Waals surface area contributed by atoms with Gasteiger partial charge in [0, 0.05) is 29.6 Å². The number of thioether (sulfide) groups is 1. The van der Waals surface area contributed by atoms with Crippen molar-refractivity contribution in [2.75, 3.05) is 38.9 Å². The van der Waals surface area contributed by atoms with E-state index in [9.17, 15) is 72.7 Å². The Morgan fingerprint density at radius 1 is 0.662 bits per heavy atom. The van der Waals surface area contributed by atoms with Crippen molar-refractivity contribution in [3.63, 3.8) is 0 Å². The second-order valence-corrected chi connectivity index (χ2v) is 16.3. The van der Waals surface area contributed by atoms with Crippen molar-refractivity contribution >= 4 is 47.5 Å². The van der Waals surface area contributed by atoms with Gasteiger partial charge in [0.1, 0.15) is 29.8 Å². The molecule has 0 aromatic heterocycles. The second-order valence-electron chi connectivity index (χ2n) is 15.2. The van der Waals surface area contributed by atoms with Crippen molar-refractivity contribution < 1.29 is 96.4 Å². The molecule has 2 aliphatic rings. The Labute approximate surface area is 419 Å². The molecule has 16 nitrogen and oxygen atoms in total. The first kappa shape index (κ1) is 59.1. The zero-order valence-corrected chi connectivity index (χ0v) is 40.5. The molecule has 6 rings (SSSR count). The maximum atomic E-state index is 14.3. The highest BCUT2D eigenvalue weighted by Gasteiger charge is 2.36. The molecule has 0 spiro atoms. The predicted octanol–water partition coefficient (Wildman–Crippen LogP) is 6.88. The number of nitrogens with one attached hydrogen (secondary N) is 5. The van der Waals surface area contributed by atoms with E-state index in [0.29, 0.717) is 30.7 Å². The summed E-state index contributed by atoms with van der Waals surface area (Å²) in [6.45, 7) is 3.85. The monoisotopic (exact) mass is 1080 g/mol. The molecular weight excluding hydrogens is 1030 g/mol. The Morgan fingerprint density at radius 3 is 1.66 bits per heavy atom. The predicted molar refractivity (Wildman–Crippen MR) is 242 cm³/mol. The van der Waals surface area contributed by atoms with Crippen LogP contribution in [-0.2, 0) is 24.0 Å². The number of esters is 2. The van der Waals surface area contributed by atoms with Crippen molar-refractivity contribution in [1.82, 2.24) is 26.6 Å². The Hall–Kier alpha value is -7.45. The van der Waals surface area contributed by atoms with Crippen LogP contribution in [0.4, 0.5) is 48.7 Å². The Balaban J connectivity index is 0.000000950. The van der Waals surface area contributed by atoms with Gasteiger partial charge in [-0.15, -0.1) is 0 Å². The van der Waals surface area contributed by atoms with Crippen molar-refractivity contribution in [3.8, 4) is 28.7 Å². The first-order chi connectivity index (χ1) is 35.2. The lowest BCUT2D eigenvalue weighted by atomic mass is 9.96. The molecule has 0 aliphatic carbocycles. The number of hydrogen-bond donors (Lipinski definition) is 5. The number of carbonyl (C=O) groups is 6. The van der Waals surface area contributed by atoms with Gasteiger partial charge in [0.2, 0.25) is 81.5 Å². The normalized spacial score (nSPS) is 15.0. The molecule has 4 atom stereocenters. The van der Waals surface area contributed by atoms with Crippen LogP contribution in [0.5, 0.6) is 28.7 Å². The number of carbonyl (C=O) groups excluding carboxylic acids is 6. The summed E-state index contributed by atoms with van der Waals surface area (Å²) in [6.07, 6.45) is -0.473. The number of halogens is 10. The number of hydrogen-bond acceptors (Lipinski definition) is 12. The van der Waals surface area contributed by atoms with Gasteiger partial charge >= 0.3 is 18.0 Å².